The van der Waals surface area contributed by atoms with E-state index in [0.717, 1.165) is 23.4 Å². The van der Waals surface area contributed by atoms with Crippen LogP contribution in [-0.2, 0) is 16.1 Å². The van der Waals surface area contributed by atoms with Gasteiger partial charge in [0, 0.05) is 30.9 Å². The molecule has 0 spiro atoms. The second kappa shape index (κ2) is 9.03. The Hall–Kier alpha value is -3.35. The Balaban J connectivity index is 1.44. The summed E-state index contributed by atoms with van der Waals surface area (Å²) < 4.78 is 0. The van der Waals surface area contributed by atoms with E-state index in [-0.39, 0.29) is 24.3 Å². The van der Waals surface area contributed by atoms with Gasteiger partial charge in [-0.05, 0) is 36.8 Å². The van der Waals surface area contributed by atoms with Gasteiger partial charge in [0.25, 0.3) is 5.91 Å². The Morgan fingerprint density at radius 1 is 1.11 bits per heavy atom. The van der Waals surface area contributed by atoms with E-state index in [1.165, 1.54) is 0 Å². The van der Waals surface area contributed by atoms with E-state index in [2.05, 4.69) is 16.0 Å². The number of anilines is 1. The maximum Gasteiger partial charge on any atom is 0.251 e. The van der Waals surface area contributed by atoms with Gasteiger partial charge in [-0.25, -0.2) is 0 Å². The summed E-state index contributed by atoms with van der Waals surface area (Å²) in [6.45, 7) is 3.99. The zero-order chi connectivity index (χ0) is 19.9. The SMILES string of the molecule is Cc1cccc(C(=O)NCC(=O)NCc2ccc(N3CCNC(=O)C3)cc2)c1. The molecule has 7 heteroatoms. The number of hydrogen-bond donors (Lipinski definition) is 3. The van der Waals surface area contributed by atoms with Crippen molar-refractivity contribution in [3.8, 4) is 0 Å². The van der Waals surface area contributed by atoms with Crippen LogP contribution in [0.2, 0.25) is 0 Å². The summed E-state index contributed by atoms with van der Waals surface area (Å²) in [5, 5.41) is 8.22. The van der Waals surface area contributed by atoms with Crippen molar-refractivity contribution in [1.29, 1.82) is 0 Å². The van der Waals surface area contributed by atoms with Gasteiger partial charge < -0.3 is 20.9 Å². The van der Waals surface area contributed by atoms with Crippen molar-refractivity contribution >= 4 is 23.4 Å². The number of nitrogens with zero attached hydrogens (tertiary/aromatic N) is 1. The maximum atomic E-state index is 12.1. The normalized spacial score (nSPS) is 13.6. The van der Waals surface area contributed by atoms with E-state index in [0.29, 0.717) is 25.2 Å². The van der Waals surface area contributed by atoms with Gasteiger partial charge in [0.15, 0.2) is 0 Å². The molecular weight excluding hydrogens is 356 g/mol. The third kappa shape index (κ3) is 5.33. The number of hydrogen-bond acceptors (Lipinski definition) is 4. The lowest BCUT2D eigenvalue weighted by Crippen LogP contribution is -2.47. The highest BCUT2D eigenvalue weighted by molar-refractivity contribution is 5.96. The lowest BCUT2D eigenvalue weighted by Gasteiger charge is -2.28. The summed E-state index contributed by atoms with van der Waals surface area (Å²) in [5.41, 5.74) is 3.46. The molecule has 0 atom stereocenters. The Morgan fingerprint density at radius 2 is 1.89 bits per heavy atom. The number of carbonyl (C=O) groups excluding carboxylic acids is 3. The van der Waals surface area contributed by atoms with Crippen molar-refractivity contribution < 1.29 is 14.4 Å². The highest BCUT2D eigenvalue weighted by Gasteiger charge is 2.16. The fourth-order valence-electron chi connectivity index (χ4n) is 3.00. The van der Waals surface area contributed by atoms with Crippen LogP contribution in [0.1, 0.15) is 21.5 Å². The first-order valence-electron chi connectivity index (χ1n) is 9.23. The van der Waals surface area contributed by atoms with Crippen LogP contribution in [0.15, 0.2) is 48.5 Å². The molecule has 3 amide bonds. The van der Waals surface area contributed by atoms with Crippen LogP contribution < -0.4 is 20.9 Å². The summed E-state index contributed by atoms with van der Waals surface area (Å²) >= 11 is 0. The Kier molecular flexibility index (Phi) is 6.26. The molecule has 0 saturated carbocycles. The molecule has 0 radical (unpaired) electrons. The third-order valence-corrected chi connectivity index (χ3v) is 4.52. The van der Waals surface area contributed by atoms with Gasteiger partial charge in [0.05, 0.1) is 13.1 Å². The number of benzene rings is 2. The van der Waals surface area contributed by atoms with Crippen LogP contribution in [0, 0.1) is 6.92 Å². The molecule has 7 nitrogen and oxygen atoms in total. The highest BCUT2D eigenvalue weighted by Crippen LogP contribution is 2.16. The van der Waals surface area contributed by atoms with Gasteiger partial charge in [-0.2, -0.15) is 0 Å². The van der Waals surface area contributed by atoms with Crippen LogP contribution >= 0.6 is 0 Å². The summed E-state index contributed by atoms with van der Waals surface area (Å²) in [6.07, 6.45) is 0. The maximum absolute atomic E-state index is 12.1. The fraction of sp³-hybridized carbons (Fsp3) is 0.286. The van der Waals surface area contributed by atoms with Gasteiger partial charge in [0.2, 0.25) is 11.8 Å². The zero-order valence-electron chi connectivity index (χ0n) is 15.8. The van der Waals surface area contributed by atoms with Crippen molar-refractivity contribution in [2.45, 2.75) is 13.5 Å². The van der Waals surface area contributed by atoms with E-state index in [1.54, 1.807) is 12.1 Å². The van der Waals surface area contributed by atoms with Crippen molar-refractivity contribution in [2.24, 2.45) is 0 Å². The molecule has 2 aromatic carbocycles. The lowest BCUT2D eigenvalue weighted by molar-refractivity contribution is -0.121. The van der Waals surface area contributed by atoms with Gasteiger partial charge in [-0.15, -0.1) is 0 Å². The first kappa shape index (κ1) is 19.4. The predicted molar refractivity (Wildman–Crippen MR) is 107 cm³/mol. The van der Waals surface area contributed by atoms with Gasteiger partial charge in [-0.3, -0.25) is 14.4 Å². The Morgan fingerprint density at radius 3 is 2.61 bits per heavy atom. The average Bonchev–Trinajstić information content (AvgIpc) is 2.71. The van der Waals surface area contributed by atoms with Crippen LogP contribution in [0.25, 0.3) is 0 Å². The van der Waals surface area contributed by atoms with Crippen molar-refractivity contribution in [1.82, 2.24) is 16.0 Å². The molecule has 1 aliphatic heterocycles. The third-order valence-electron chi connectivity index (χ3n) is 4.52. The number of aryl methyl sites for hydroxylation is 1. The number of carbonyl (C=O) groups is 3. The number of piperazine rings is 1. The molecule has 1 saturated heterocycles. The van der Waals surface area contributed by atoms with E-state index in [9.17, 15) is 14.4 Å². The minimum atomic E-state index is -0.270. The topological polar surface area (TPSA) is 90.5 Å². The number of rotatable bonds is 6. The fourth-order valence-corrected chi connectivity index (χ4v) is 3.00. The molecule has 1 fully saturated rings. The summed E-state index contributed by atoms with van der Waals surface area (Å²) in [7, 11) is 0. The molecule has 146 valence electrons. The van der Waals surface area contributed by atoms with Crippen molar-refractivity contribution in [3.63, 3.8) is 0 Å². The minimum Gasteiger partial charge on any atom is -0.360 e. The smallest absolute Gasteiger partial charge is 0.251 e. The molecule has 0 bridgehead atoms. The van der Waals surface area contributed by atoms with Crippen LogP contribution in [-0.4, -0.2) is 43.9 Å². The minimum absolute atomic E-state index is 0.0234. The second-order valence-corrected chi connectivity index (χ2v) is 6.77. The van der Waals surface area contributed by atoms with Crippen molar-refractivity contribution in [2.75, 3.05) is 31.1 Å². The molecule has 0 aliphatic carbocycles. The molecule has 2 aromatic rings. The van der Waals surface area contributed by atoms with Gasteiger partial charge in [0.1, 0.15) is 0 Å². The van der Waals surface area contributed by atoms with Crippen LogP contribution in [0.5, 0.6) is 0 Å². The van der Waals surface area contributed by atoms with Crippen LogP contribution in [0.4, 0.5) is 5.69 Å². The van der Waals surface area contributed by atoms with E-state index in [1.807, 2.05) is 48.2 Å². The van der Waals surface area contributed by atoms with E-state index in [4.69, 9.17) is 0 Å². The zero-order valence-corrected chi connectivity index (χ0v) is 15.8. The summed E-state index contributed by atoms with van der Waals surface area (Å²) in [5.74, 6) is -0.498. The first-order valence-corrected chi connectivity index (χ1v) is 9.23. The molecule has 1 heterocycles. The van der Waals surface area contributed by atoms with Crippen LogP contribution in [0.3, 0.4) is 0 Å². The van der Waals surface area contributed by atoms with Gasteiger partial charge in [-0.1, -0.05) is 29.8 Å². The van der Waals surface area contributed by atoms with Crippen molar-refractivity contribution in [3.05, 3.63) is 65.2 Å². The van der Waals surface area contributed by atoms with E-state index < -0.39 is 0 Å². The molecule has 3 rings (SSSR count). The quantitative estimate of drug-likeness (QED) is 0.697. The standard InChI is InChI=1S/C21H24N4O3/c1-15-3-2-4-17(11-15)21(28)24-13-19(26)23-12-16-5-7-18(8-6-16)25-10-9-22-20(27)14-25/h2-8,11H,9-10,12-14H2,1H3,(H,22,27)(H,23,26)(H,24,28). The number of amides is 3. The highest BCUT2D eigenvalue weighted by atomic mass is 16.2. The molecule has 1 aliphatic rings. The Labute approximate surface area is 164 Å². The second-order valence-electron chi connectivity index (χ2n) is 6.77. The largest absolute Gasteiger partial charge is 0.360 e. The monoisotopic (exact) mass is 380 g/mol. The number of nitrogens with one attached hydrogen (secondary N) is 3. The van der Waals surface area contributed by atoms with E-state index >= 15 is 0 Å². The van der Waals surface area contributed by atoms with Gasteiger partial charge >= 0.3 is 0 Å². The summed E-state index contributed by atoms with van der Waals surface area (Å²) in [4.78, 5) is 37.5. The Bertz CT molecular complexity index is 864. The molecular formula is C21H24N4O3. The molecule has 28 heavy (non-hydrogen) atoms. The molecule has 0 unspecified atom stereocenters. The summed E-state index contributed by atoms with van der Waals surface area (Å²) in [6, 6.07) is 15.0. The lowest BCUT2D eigenvalue weighted by atomic mass is 10.1. The first-order chi connectivity index (χ1) is 13.5. The average molecular weight is 380 g/mol. The predicted octanol–water partition coefficient (Wildman–Crippen LogP) is 0.977. The molecule has 0 aromatic heterocycles. The molecule has 3 N–H and O–H groups in total.